The molecule has 0 spiro atoms. The third-order valence-corrected chi connectivity index (χ3v) is 11.8. The van der Waals surface area contributed by atoms with E-state index in [9.17, 15) is 33.6 Å². The van der Waals surface area contributed by atoms with Crippen LogP contribution in [0.15, 0.2) is 24.8 Å². The molecule has 1 saturated carbocycles. The van der Waals surface area contributed by atoms with Gasteiger partial charge in [-0.05, 0) is 53.8 Å². The van der Waals surface area contributed by atoms with E-state index in [0.717, 1.165) is 24.8 Å². The normalized spacial score (nSPS) is 22.7. The fourth-order valence-electron chi connectivity index (χ4n) is 8.12. The van der Waals surface area contributed by atoms with Crippen molar-refractivity contribution in [2.24, 2.45) is 28.1 Å². The van der Waals surface area contributed by atoms with Crippen molar-refractivity contribution in [1.82, 2.24) is 31.1 Å². The Hall–Kier alpha value is -4.03. The largest absolute Gasteiger partial charge is 0.346 e. The molecule has 3 fully saturated rings. The van der Waals surface area contributed by atoms with Crippen LogP contribution in [0.4, 0.5) is 4.79 Å². The van der Waals surface area contributed by atoms with E-state index in [0.29, 0.717) is 19.3 Å². The quantitative estimate of drug-likeness (QED) is 0.0992. The summed E-state index contributed by atoms with van der Waals surface area (Å²) in [4.78, 5) is 97.9. The van der Waals surface area contributed by atoms with E-state index in [2.05, 4.69) is 34.4 Å². The van der Waals surface area contributed by atoms with Crippen LogP contribution >= 0.6 is 0 Å². The number of amides is 7. The zero-order chi connectivity index (χ0) is 41.5. The maximum absolute atomic E-state index is 15.0. The SMILES string of the molecule is C=CCNC(=O)C(=O)C(CCC)NC(=O)[C@@H]1C[C@@H](C(=C)C(C)C)CN1C(=O)[C@@H](NC(=O)N[C@H](CN1C(=O)CC(C)(C)CC1=O)C(C)(C)C)C1(C)CCCCC1. The first kappa shape index (κ1) is 45.4. The third kappa shape index (κ3) is 11.7. The number of carbonyl (C=O) groups is 7. The first-order valence-electron chi connectivity index (χ1n) is 20.2. The summed E-state index contributed by atoms with van der Waals surface area (Å²) in [6, 6.07) is -4.30. The molecular formula is C42H68N6O7. The summed E-state index contributed by atoms with van der Waals surface area (Å²) in [6.45, 7) is 25.6. The van der Waals surface area contributed by atoms with E-state index < -0.39 is 69.9 Å². The Morgan fingerprint density at radius 1 is 0.945 bits per heavy atom. The molecule has 0 radical (unpaired) electrons. The molecule has 55 heavy (non-hydrogen) atoms. The molecule has 0 aromatic rings. The van der Waals surface area contributed by atoms with E-state index in [1.54, 1.807) is 0 Å². The molecule has 3 rings (SSSR count). The smallest absolute Gasteiger partial charge is 0.315 e. The average molecular weight is 769 g/mol. The summed E-state index contributed by atoms with van der Waals surface area (Å²) in [7, 11) is 0. The summed E-state index contributed by atoms with van der Waals surface area (Å²) in [5, 5.41) is 11.3. The van der Waals surface area contributed by atoms with Crippen LogP contribution < -0.4 is 21.3 Å². The lowest BCUT2D eigenvalue weighted by atomic mass is 9.70. The monoisotopic (exact) mass is 769 g/mol. The van der Waals surface area contributed by atoms with Gasteiger partial charge in [0.15, 0.2) is 0 Å². The van der Waals surface area contributed by atoms with E-state index >= 15 is 0 Å². The molecule has 4 N–H and O–H groups in total. The standard InChI is InChI=1S/C42H68N6O7/c1-12-17-29(34(51)37(53)43-20-13-2)44-36(52)30-21-28(27(5)26(3)4)24-47(30)38(54)35(42(11)18-15-14-16-19-42)46-39(55)45-31(40(6,7)8)25-48-32(49)22-41(9,10)23-33(48)50/h13,26,28-31,35H,2,5,12,14-25H2,1,3-4,6-11H3,(H,43,53)(H,44,52)(H2,45,46,55)/t28-,29?,30+,31-,35-/m1/s1. The zero-order valence-electron chi connectivity index (χ0n) is 34.9. The Bertz CT molecular complexity index is 1470. The van der Waals surface area contributed by atoms with Gasteiger partial charge in [-0.3, -0.25) is 33.7 Å². The van der Waals surface area contributed by atoms with Crippen LogP contribution in [0.25, 0.3) is 0 Å². The molecule has 2 aliphatic heterocycles. The Labute approximate surface area is 328 Å². The molecule has 7 amide bonds. The van der Waals surface area contributed by atoms with Gasteiger partial charge in [0.05, 0.1) is 12.1 Å². The number of hydrogen-bond acceptors (Lipinski definition) is 7. The summed E-state index contributed by atoms with van der Waals surface area (Å²) < 4.78 is 0. The zero-order valence-corrected chi connectivity index (χ0v) is 34.9. The molecule has 0 aromatic carbocycles. The first-order valence-corrected chi connectivity index (χ1v) is 20.2. The van der Waals surface area contributed by atoms with Crippen LogP contribution in [-0.4, -0.2) is 95.0 Å². The van der Waals surface area contributed by atoms with Gasteiger partial charge >= 0.3 is 6.03 Å². The highest BCUT2D eigenvalue weighted by Gasteiger charge is 2.49. The van der Waals surface area contributed by atoms with Crippen molar-refractivity contribution < 1.29 is 33.6 Å². The molecular weight excluding hydrogens is 700 g/mol. The Balaban J connectivity index is 1.95. The highest BCUT2D eigenvalue weighted by molar-refractivity contribution is 6.38. The third-order valence-electron chi connectivity index (χ3n) is 11.8. The van der Waals surface area contributed by atoms with Gasteiger partial charge in [-0.2, -0.15) is 0 Å². The van der Waals surface area contributed by atoms with E-state index in [-0.39, 0.29) is 69.0 Å². The second-order valence-electron chi connectivity index (χ2n) is 18.5. The van der Waals surface area contributed by atoms with Gasteiger partial charge in [-0.15, -0.1) is 6.58 Å². The topological polar surface area (TPSA) is 174 Å². The van der Waals surface area contributed by atoms with Crippen LogP contribution in [0, 0.1) is 28.1 Å². The van der Waals surface area contributed by atoms with Crippen LogP contribution in [0.3, 0.4) is 0 Å². The average Bonchev–Trinajstić information content (AvgIpc) is 3.54. The number of rotatable bonds is 16. The predicted octanol–water partition coefficient (Wildman–Crippen LogP) is 4.80. The van der Waals surface area contributed by atoms with Crippen molar-refractivity contribution in [3.8, 4) is 0 Å². The predicted molar refractivity (Wildman–Crippen MR) is 212 cm³/mol. The van der Waals surface area contributed by atoms with Crippen LogP contribution in [0.5, 0.6) is 0 Å². The molecule has 2 heterocycles. The fraction of sp³-hybridized carbons (Fsp3) is 0.738. The van der Waals surface area contributed by atoms with E-state index in [1.807, 2.05) is 62.3 Å². The van der Waals surface area contributed by atoms with Crippen molar-refractivity contribution in [1.29, 1.82) is 0 Å². The number of piperidine rings is 1. The van der Waals surface area contributed by atoms with Gasteiger partial charge in [-0.25, -0.2) is 4.79 Å². The second-order valence-corrected chi connectivity index (χ2v) is 18.5. The van der Waals surface area contributed by atoms with E-state index in [1.165, 1.54) is 15.9 Å². The van der Waals surface area contributed by atoms with Crippen molar-refractivity contribution in [3.63, 3.8) is 0 Å². The molecule has 13 heteroatoms. The molecule has 1 aliphatic carbocycles. The second kappa shape index (κ2) is 18.7. The minimum Gasteiger partial charge on any atom is -0.346 e. The van der Waals surface area contributed by atoms with Crippen LogP contribution in [0.2, 0.25) is 0 Å². The Kier molecular flexibility index (Phi) is 15.5. The molecule has 3 aliphatic rings. The molecule has 13 nitrogen and oxygen atoms in total. The minimum atomic E-state index is -1.08. The van der Waals surface area contributed by atoms with Gasteiger partial charge in [0.1, 0.15) is 12.1 Å². The highest BCUT2D eigenvalue weighted by Crippen LogP contribution is 2.41. The van der Waals surface area contributed by atoms with Crippen molar-refractivity contribution in [2.75, 3.05) is 19.6 Å². The van der Waals surface area contributed by atoms with E-state index in [4.69, 9.17) is 0 Å². The molecule has 308 valence electrons. The van der Waals surface area contributed by atoms with Gasteiger partial charge in [0.25, 0.3) is 5.91 Å². The first-order chi connectivity index (χ1) is 25.5. The molecule has 0 bridgehead atoms. The number of nitrogens with zero attached hydrogens (tertiary/aromatic N) is 2. The molecule has 0 aromatic heterocycles. The summed E-state index contributed by atoms with van der Waals surface area (Å²) >= 11 is 0. The van der Waals surface area contributed by atoms with Crippen LogP contribution in [0.1, 0.15) is 127 Å². The van der Waals surface area contributed by atoms with Gasteiger partial charge in [-0.1, -0.05) is 106 Å². The number of likely N-dealkylation sites (tertiary alicyclic amines) is 2. The number of imide groups is 1. The number of nitrogens with one attached hydrogen (secondary N) is 4. The summed E-state index contributed by atoms with van der Waals surface area (Å²) in [6.07, 6.45) is 7.05. The van der Waals surface area contributed by atoms with Crippen molar-refractivity contribution >= 4 is 41.4 Å². The molecule has 1 unspecified atom stereocenters. The summed E-state index contributed by atoms with van der Waals surface area (Å²) in [5.74, 6) is -3.23. The summed E-state index contributed by atoms with van der Waals surface area (Å²) in [5.41, 5.74) is -0.738. The number of urea groups is 1. The van der Waals surface area contributed by atoms with Crippen LogP contribution in [-0.2, 0) is 28.8 Å². The van der Waals surface area contributed by atoms with Gasteiger partial charge in [0, 0.05) is 32.5 Å². The lowest BCUT2D eigenvalue weighted by Gasteiger charge is -2.43. The molecule has 2 saturated heterocycles. The van der Waals surface area contributed by atoms with Crippen molar-refractivity contribution in [3.05, 3.63) is 24.8 Å². The number of hydrogen-bond donors (Lipinski definition) is 4. The Morgan fingerprint density at radius 2 is 1.55 bits per heavy atom. The van der Waals surface area contributed by atoms with Crippen molar-refractivity contribution in [2.45, 2.75) is 151 Å². The Morgan fingerprint density at radius 3 is 2.07 bits per heavy atom. The highest BCUT2D eigenvalue weighted by atomic mass is 16.2. The molecule has 5 atom stereocenters. The van der Waals surface area contributed by atoms with Gasteiger partial charge < -0.3 is 26.2 Å². The lowest BCUT2D eigenvalue weighted by molar-refractivity contribution is -0.153. The van der Waals surface area contributed by atoms with Gasteiger partial charge in [0.2, 0.25) is 29.4 Å². The maximum Gasteiger partial charge on any atom is 0.315 e. The number of Topliss-reactive ketones (excluding diaryl/α,β-unsaturated/α-hetero) is 1. The number of ketones is 1. The minimum absolute atomic E-state index is 0.00281. The fourth-order valence-corrected chi connectivity index (χ4v) is 8.12. The number of carbonyl (C=O) groups excluding carboxylic acids is 7. The lowest BCUT2D eigenvalue weighted by Crippen LogP contribution is -2.63. The maximum atomic E-state index is 15.0.